The summed E-state index contributed by atoms with van der Waals surface area (Å²) in [4.78, 5) is 17.7. The van der Waals surface area contributed by atoms with E-state index in [9.17, 15) is 4.79 Å². The Labute approximate surface area is 116 Å². The molecular formula is C14H17N3OS. The van der Waals surface area contributed by atoms with Crippen molar-refractivity contribution in [3.63, 3.8) is 0 Å². The average molecular weight is 275 g/mol. The van der Waals surface area contributed by atoms with E-state index in [1.54, 1.807) is 4.68 Å². The molecule has 1 aliphatic rings. The van der Waals surface area contributed by atoms with Gasteiger partial charge in [0.1, 0.15) is 5.01 Å². The predicted molar refractivity (Wildman–Crippen MR) is 75.5 cm³/mol. The first-order valence-electron chi connectivity index (χ1n) is 6.39. The number of aryl methyl sites for hydroxylation is 2. The van der Waals surface area contributed by atoms with Gasteiger partial charge in [0, 0.05) is 19.7 Å². The number of hydrogen-bond acceptors (Lipinski definition) is 4. The van der Waals surface area contributed by atoms with Crippen molar-refractivity contribution in [3.8, 4) is 10.6 Å². The SMILES string of the molecule is Cc1nn(C)cc1-c1nc2c(s1)C(=O)CC(C)(C)C2. The molecule has 1 aliphatic carbocycles. The Bertz CT molecular complexity index is 666. The van der Waals surface area contributed by atoms with Crippen LogP contribution in [0, 0.1) is 12.3 Å². The molecule has 0 spiro atoms. The number of thiazole rings is 1. The van der Waals surface area contributed by atoms with Crippen LogP contribution in [0.1, 0.15) is 41.3 Å². The van der Waals surface area contributed by atoms with Gasteiger partial charge in [0.15, 0.2) is 5.78 Å². The summed E-state index contributed by atoms with van der Waals surface area (Å²) in [7, 11) is 1.90. The van der Waals surface area contributed by atoms with Crippen molar-refractivity contribution in [1.82, 2.24) is 14.8 Å². The molecule has 0 amide bonds. The van der Waals surface area contributed by atoms with Crippen LogP contribution < -0.4 is 0 Å². The topological polar surface area (TPSA) is 47.8 Å². The van der Waals surface area contributed by atoms with Crippen LogP contribution in [0.25, 0.3) is 10.6 Å². The van der Waals surface area contributed by atoms with Crippen LogP contribution in [0.4, 0.5) is 0 Å². The van der Waals surface area contributed by atoms with Gasteiger partial charge in [-0.15, -0.1) is 11.3 Å². The number of aromatic nitrogens is 3. The van der Waals surface area contributed by atoms with Crippen molar-refractivity contribution < 1.29 is 4.79 Å². The second kappa shape index (κ2) is 4.00. The summed E-state index contributed by atoms with van der Waals surface area (Å²) in [6.07, 6.45) is 3.47. The molecule has 0 unspecified atom stereocenters. The second-order valence-electron chi connectivity index (χ2n) is 6.04. The highest BCUT2D eigenvalue weighted by molar-refractivity contribution is 7.17. The Hall–Kier alpha value is -1.49. The van der Waals surface area contributed by atoms with Crippen LogP contribution in [-0.2, 0) is 13.5 Å². The van der Waals surface area contributed by atoms with Crippen molar-refractivity contribution >= 4 is 17.1 Å². The largest absolute Gasteiger partial charge is 0.293 e. The molecule has 2 aromatic rings. The molecule has 19 heavy (non-hydrogen) atoms. The molecule has 0 N–H and O–H groups in total. The molecule has 2 aromatic heterocycles. The number of Topliss-reactive ketones (excluding diaryl/α,β-unsaturated/α-hetero) is 1. The Morgan fingerprint density at radius 1 is 1.37 bits per heavy atom. The van der Waals surface area contributed by atoms with Crippen molar-refractivity contribution in [1.29, 1.82) is 0 Å². The maximum absolute atomic E-state index is 12.2. The van der Waals surface area contributed by atoms with Gasteiger partial charge in [0.25, 0.3) is 0 Å². The second-order valence-corrected chi connectivity index (χ2v) is 7.04. The minimum absolute atomic E-state index is 0.0272. The van der Waals surface area contributed by atoms with Crippen LogP contribution in [0.5, 0.6) is 0 Å². The standard InChI is InChI=1S/C14H17N3OS/c1-8-9(7-17(4)16-8)13-15-10-5-14(2,3)6-11(18)12(10)19-13/h7H,5-6H2,1-4H3. The van der Waals surface area contributed by atoms with Crippen LogP contribution in [0.3, 0.4) is 0 Å². The van der Waals surface area contributed by atoms with Gasteiger partial charge in [-0.2, -0.15) is 5.10 Å². The van der Waals surface area contributed by atoms with E-state index in [4.69, 9.17) is 0 Å². The molecule has 0 saturated heterocycles. The number of hydrogen-bond donors (Lipinski definition) is 0. The molecule has 100 valence electrons. The summed E-state index contributed by atoms with van der Waals surface area (Å²) in [5, 5.41) is 5.26. The zero-order valence-electron chi connectivity index (χ0n) is 11.6. The van der Waals surface area contributed by atoms with Gasteiger partial charge in [-0.1, -0.05) is 13.8 Å². The zero-order chi connectivity index (χ0) is 13.8. The van der Waals surface area contributed by atoms with Gasteiger partial charge in [-0.3, -0.25) is 9.48 Å². The highest BCUT2D eigenvalue weighted by Gasteiger charge is 2.34. The quantitative estimate of drug-likeness (QED) is 0.803. The summed E-state index contributed by atoms with van der Waals surface area (Å²) in [6.45, 7) is 6.23. The first-order chi connectivity index (χ1) is 8.85. The molecule has 0 fully saturated rings. The van der Waals surface area contributed by atoms with Gasteiger partial charge in [-0.05, 0) is 18.8 Å². The van der Waals surface area contributed by atoms with E-state index in [-0.39, 0.29) is 11.2 Å². The van der Waals surface area contributed by atoms with E-state index in [1.807, 2.05) is 20.2 Å². The predicted octanol–water partition coefficient (Wildman–Crippen LogP) is 3.01. The summed E-state index contributed by atoms with van der Waals surface area (Å²) < 4.78 is 1.79. The lowest BCUT2D eigenvalue weighted by Gasteiger charge is -2.26. The number of carbonyl (C=O) groups excluding carboxylic acids is 1. The molecule has 0 atom stereocenters. The van der Waals surface area contributed by atoms with E-state index in [2.05, 4.69) is 23.9 Å². The van der Waals surface area contributed by atoms with E-state index >= 15 is 0 Å². The molecule has 5 heteroatoms. The van der Waals surface area contributed by atoms with Crippen LogP contribution in [0.15, 0.2) is 6.20 Å². The molecule has 0 saturated carbocycles. The summed E-state index contributed by atoms with van der Waals surface area (Å²) in [5.74, 6) is 0.233. The maximum Gasteiger partial charge on any atom is 0.175 e. The monoisotopic (exact) mass is 275 g/mol. The Balaban J connectivity index is 2.08. The fourth-order valence-corrected chi connectivity index (χ4v) is 3.73. The number of fused-ring (bicyclic) bond motifs is 1. The summed E-state index contributed by atoms with van der Waals surface area (Å²) >= 11 is 1.51. The van der Waals surface area contributed by atoms with Gasteiger partial charge in [0.05, 0.1) is 21.8 Å². The molecule has 3 rings (SSSR count). The molecule has 0 radical (unpaired) electrons. The third kappa shape index (κ3) is 2.12. The lowest BCUT2D eigenvalue weighted by molar-refractivity contribution is 0.0916. The fraction of sp³-hybridized carbons (Fsp3) is 0.500. The molecule has 4 nitrogen and oxygen atoms in total. The lowest BCUT2D eigenvalue weighted by Crippen LogP contribution is -2.25. The Morgan fingerprint density at radius 3 is 2.74 bits per heavy atom. The smallest absolute Gasteiger partial charge is 0.175 e. The van der Waals surface area contributed by atoms with Gasteiger partial charge in [-0.25, -0.2) is 4.98 Å². The van der Waals surface area contributed by atoms with Gasteiger partial charge >= 0.3 is 0 Å². The van der Waals surface area contributed by atoms with Crippen LogP contribution >= 0.6 is 11.3 Å². The third-order valence-electron chi connectivity index (χ3n) is 3.48. The highest BCUT2D eigenvalue weighted by Crippen LogP contribution is 2.39. The normalized spacial score (nSPS) is 17.6. The van der Waals surface area contributed by atoms with Crippen molar-refractivity contribution in [2.75, 3.05) is 0 Å². The molecular weight excluding hydrogens is 258 g/mol. The third-order valence-corrected chi connectivity index (χ3v) is 4.65. The Morgan fingerprint density at radius 2 is 2.11 bits per heavy atom. The average Bonchev–Trinajstić information content (AvgIpc) is 2.80. The lowest BCUT2D eigenvalue weighted by atomic mass is 9.78. The zero-order valence-corrected chi connectivity index (χ0v) is 12.5. The van der Waals surface area contributed by atoms with E-state index in [0.29, 0.717) is 6.42 Å². The van der Waals surface area contributed by atoms with Gasteiger partial charge in [0.2, 0.25) is 0 Å². The first kappa shape index (κ1) is 12.5. The van der Waals surface area contributed by atoms with Crippen molar-refractivity contribution in [2.45, 2.75) is 33.6 Å². The molecule has 0 bridgehead atoms. The number of rotatable bonds is 1. The van der Waals surface area contributed by atoms with Crippen LogP contribution in [0.2, 0.25) is 0 Å². The minimum Gasteiger partial charge on any atom is -0.293 e. The number of ketones is 1. The van der Waals surface area contributed by atoms with Crippen molar-refractivity contribution in [2.24, 2.45) is 12.5 Å². The molecule has 0 aromatic carbocycles. The van der Waals surface area contributed by atoms with Gasteiger partial charge < -0.3 is 0 Å². The molecule has 2 heterocycles. The van der Waals surface area contributed by atoms with E-state index in [1.165, 1.54) is 11.3 Å². The highest BCUT2D eigenvalue weighted by atomic mass is 32.1. The first-order valence-corrected chi connectivity index (χ1v) is 7.21. The Kier molecular flexibility index (Phi) is 2.64. The summed E-state index contributed by atoms with van der Waals surface area (Å²) in [6, 6.07) is 0. The number of nitrogens with zero attached hydrogens (tertiary/aromatic N) is 3. The fourth-order valence-electron chi connectivity index (χ4n) is 2.64. The van der Waals surface area contributed by atoms with Crippen LogP contribution in [-0.4, -0.2) is 20.5 Å². The van der Waals surface area contributed by atoms with E-state index in [0.717, 1.165) is 33.3 Å². The number of carbonyl (C=O) groups is 1. The maximum atomic E-state index is 12.2. The summed E-state index contributed by atoms with van der Waals surface area (Å²) in [5.41, 5.74) is 2.98. The van der Waals surface area contributed by atoms with E-state index < -0.39 is 0 Å². The molecule has 0 aliphatic heterocycles. The minimum atomic E-state index is 0.0272. The van der Waals surface area contributed by atoms with Crippen molar-refractivity contribution in [3.05, 3.63) is 22.5 Å².